The highest BCUT2D eigenvalue weighted by atomic mass is 16.6. The summed E-state index contributed by atoms with van der Waals surface area (Å²) in [5, 5.41) is 26.7. The van der Waals surface area contributed by atoms with E-state index >= 15 is 0 Å². The predicted molar refractivity (Wildman–Crippen MR) is 149 cm³/mol. The van der Waals surface area contributed by atoms with Gasteiger partial charge in [-0.15, -0.1) is 0 Å². The van der Waals surface area contributed by atoms with E-state index in [-0.39, 0.29) is 18.1 Å². The summed E-state index contributed by atoms with van der Waals surface area (Å²) in [4.78, 5) is 18.9. The molecule has 4 aromatic rings. The predicted octanol–water partition coefficient (Wildman–Crippen LogP) is 5.55. The zero-order chi connectivity index (χ0) is 27.3. The molecule has 0 aliphatic carbocycles. The number of methoxy groups -OCH3 is 2. The largest absolute Gasteiger partial charge is 0.497 e. The van der Waals surface area contributed by atoms with Gasteiger partial charge in [-0.05, 0) is 55.3 Å². The van der Waals surface area contributed by atoms with E-state index < -0.39 is 10.5 Å². The molecule has 0 aliphatic rings. The Morgan fingerprint density at radius 3 is 1.92 bits per heavy atom. The number of nitrogens with zero attached hydrogens (tertiary/aromatic N) is 3. The number of ether oxygens (including phenoxy) is 2. The first-order valence-corrected chi connectivity index (χ1v) is 12.2. The number of anilines is 2. The van der Waals surface area contributed by atoms with Gasteiger partial charge in [-0.2, -0.15) is 0 Å². The van der Waals surface area contributed by atoms with Gasteiger partial charge in [-0.3, -0.25) is 10.1 Å². The monoisotopic (exact) mass is 516 g/mol. The molecule has 0 fully saturated rings. The van der Waals surface area contributed by atoms with Gasteiger partial charge in [-0.25, -0.2) is 4.98 Å². The summed E-state index contributed by atoms with van der Waals surface area (Å²) in [5.74, 6) is 1.69. The molecular formula is C29H32N4O5. The highest BCUT2D eigenvalue weighted by Crippen LogP contribution is 2.41. The van der Waals surface area contributed by atoms with Crippen molar-refractivity contribution in [2.45, 2.75) is 32.5 Å². The second-order valence-electron chi connectivity index (χ2n) is 9.65. The summed E-state index contributed by atoms with van der Waals surface area (Å²) in [6, 6.07) is 22.5. The van der Waals surface area contributed by atoms with Gasteiger partial charge in [0.15, 0.2) is 0 Å². The van der Waals surface area contributed by atoms with Gasteiger partial charge < -0.3 is 24.8 Å². The molecule has 0 saturated carbocycles. The van der Waals surface area contributed by atoms with Crippen LogP contribution in [0.5, 0.6) is 11.5 Å². The zero-order valence-electron chi connectivity index (χ0n) is 22.0. The summed E-state index contributed by atoms with van der Waals surface area (Å²) in [7, 11) is 3.21. The molecule has 0 spiro atoms. The van der Waals surface area contributed by atoms with E-state index in [2.05, 4.69) is 5.32 Å². The van der Waals surface area contributed by atoms with Crippen LogP contribution in [0.1, 0.15) is 25.0 Å². The lowest BCUT2D eigenvalue weighted by Gasteiger charge is -2.26. The van der Waals surface area contributed by atoms with Crippen LogP contribution in [0.25, 0.3) is 10.9 Å². The first-order chi connectivity index (χ1) is 18.2. The van der Waals surface area contributed by atoms with Gasteiger partial charge in [0, 0.05) is 25.0 Å². The summed E-state index contributed by atoms with van der Waals surface area (Å²) in [6.07, 6.45) is 0. The van der Waals surface area contributed by atoms with E-state index in [4.69, 9.17) is 14.5 Å². The average molecular weight is 517 g/mol. The number of para-hydroxylation sites is 1. The number of nitrogens with one attached hydrogen (secondary N) is 1. The van der Waals surface area contributed by atoms with Crippen LogP contribution in [0.2, 0.25) is 0 Å². The van der Waals surface area contributed by atoms with Crippen LogP contribution >= 0.6 is 0 Å². The number of aliphatic hydroxyl groups is 1. The van der Waals surface area contributed by atoms with E-state index in [9.17, 15) is 15.2 Å². The van der Waals surface area contributed by atoms with Gasteiger partial charge in [0.25, 0.3) is 0 Å². The molecule has 0 atom stereocenters. The topological polar surface area (TPSA) is 110 Å². The second-order valence-corrected chi connectivity index (χ2v) is 9.65. The van der Waals surface area contributed by atoms with E-state index in [0.29, 0.717) is 29.7 Å². The van der Waals surface area contributed by atoms with Crippen LogP contribution in [0.3, 0.4) is 0 Å². The Kier molecular flexibility index (Phi) is 7.97. The van der Waals surface area contributed by atoms with Gasteiger partial charge >= 0.3 is 5.69 Å². The number of benzene rings is 3. The fraction of sp³-hybridized carbons (Fsp3) is 0.276. The Hall–Kier alpha value is -4.37. The molecule has 1 aromatic heterocycles. The average Bonchev–Trinajstić information content (AvgIpc) is 2.91. The van der Waals surface area contributed by atoms with Crippen LogP contribution < -0.4 is 19.7 Å². The smallest absolute Gasteiger partial charge is 0.335 e. The van der Waals surface area contributed by atoms with Crippen molar-refractivity contribution >= 4 is 28.1 Å². The SMILES string of the molecule is COc1ccc(CN(Cc2ccc(OC)cc2)c2nc3ccccc3c(NCC(C)(C)O)c2[N+](=O)[O-])cc1. The minimum Gasteiger partial charge on any atom is -0.497 e. The molecule has 9 heteroatoms. The van der Waals surface area contributed by atoms with Crippen molar-refractivity contribution in [1.29, 1.82) is 0 Å². The molecule has 0 bridgehead atoms. The highest BCUT2D eigenvalue weighted by molar-refractivity contribution is 5.99. The third kappa shape index (κ3) is 6.30. The molecule has 0 radical (unpaired) electrons. The summed E-state index contributed by atoms with van der Waals surface area (Å²) in [5.41, 5.74) is 1.59. The Morgan fingerprint density at radius 1 is 0.921 bits per heavy atom. The zero-order valence-corrected chi connectivity index (χ0v) is 22.0. The van der Waals surface area contributed by atoms with E-state index in [1.807, 2.05) is 71.6 Å². The maximum Gasteiger partial charge on any atom is 0.335 e. The Labute approximate surface area is 221 Å². The highest BCUT2D eigenvalue weighted by Gasteiger charge is 2.30. The maximum absolute atomic E-state index is 12.6. The fourth-order valence-electron chi connectivity index (χ4n) is 4.17. The quantitative estimate of drug-likeness (QED) is 0.197. The van der Waals surface area contributed by atoms with Crippen LogP contribution in [0, 0.1) is 10.1 Å². The Morgan fingerprint density at radius 2 is 1.45 bits per heavy atom. The van der Waals surface area contributed by atoms with Gasteiger partial charge in [0.05, 0.1) is 30.3 Å². The van der Waals surface area contributed by atoms with E-state index in [1.165, 1.54) is 0 Å². The number of nitro groups is 1. The van der Waals surface area contributed by atoms with Crippen LogP contribution in [0.4, 0.5) is 17.2 Å². The number of pyridine rings is 1. The molecule has 0 aliphatic heterocycles. The molecule has 198 valence electrons. The molecule has 3 aromatic carbocycles. The van der Waals surface area contributed by atoms with Crippen LogP contribution in [0.15, 0.2) is 72.8 Å². The minimum atomic E-state index is -1.08. The number of aromatic nitrogens is 1. The fourth-order valence-corrected chi connectivity index (χ4v) is 4.17. The minimum absolute atomic E-state index is 0.123. The van der Waals surface area contributed by atoms with Crippen molar-refractivity contribution in [3.63, 3.8) is 0 Å². The van der Waals surface area contributed by atoms with Crippen LogP contribution in [-0.2, 0) is 13.1 Å². The number of hydrogen-bond donors (Lipinski definition) is 2. The first-order valence-electron chi connectivity index (χ1n) is 12.2. The van der Waals surface area contributed by atoms with Crippen LogP contribution in [-0.4, -0.2) is 41.4 Å². The van der Waals surface area contributed by atoms with E-state index in [0.717, 1.165) is 22.6 Å². The summed E-state index contributed by atoms with van der Waals surface area (Å²) >= 11 is 0. The molecule has 2 N–H and O–H groups in total. The Bertz CT molecular complexity index is 1350. The summed E-state index contributed by atoms with van der Waals surface area (Å²) in [6.45, 7) is 4.16. The number of rotatable bonds is 11. The normalized spacial score (nSPS) is 11.3. The molecule has 38 heavy (non-hydrogen) atoms. The summed E-state index contributed by atoms with van der Waals surface area (Å²) < 4.78 is 10.6. The third-order valence-corrected chi connectivity index (χ3v) is 6.09. The second kappa shape index (κ2) is 11.4. The van der Waals surface area contributed by atoms with Gasteiger partial charge in [0.1, 0.15) is 17.2 Å². The lowest BCUT2D eigenvalue weighted by molar-refractivity contribution is -0.383. The first kappa shape index (κ1) is 26.7. The maximum atomic E-state index is 12.6. The van der Waals surface area contributed by atoms with Crippen molar-refractivity contribution in [3.05, 3.63) is 94.0 Å². The molecule has 0 unspecified atom stereocenters. The number of fused-ring (bicyclic) bond motifs is 1. The van der Waals surface area contributed by atoms with Gasteiger partial charge in [0.2, 0.25) is 5.82 Å². The molecule has 0 saturated heterocycles. The third-order valence-electron chi connectivity index (χ3n) is 6.09. The molecule has 4 rings (SSSR count). The standard InChI is InChI=1S/C29H32N4O5/c1-29(2,34)19-30-26-24-7-5-6-8-25(24)31-28(27(26)33(35)36)32(17-20-9-13-22(37-3)14-10-20)18-21-11-15-23(38-4)16-12-21/h5-16,34H,17-19H2,1-4H3,(H,30,31). The van der Waals surface area contributed by atoms with Crippen molar-refractivity contribution < 1.29 is 19.5 Å². The van der Waals surface area contributed by atoms with Crippen molar-refractivity contribution in [2.75, 3.05) is 31.0 Å². The lowest BCUT2D eigenvalue weighted by atomic mass is 10.1. The Balaban J connectivity index is 1.87. The molecule has 1 heterocycles. The lowest BCUT2D eigenvalue weighted by Crippen LogP contribution is -2.30. The van der Waals surface area contributed by atoms with Crippen molar-refractivity contribution in [3.8, 4) is 11.5 Å². The number of hydrogen-bond acceptors (Lipinski definition) is 8. The molecule has 0 amide bonds. The molecule has 9 nitrogen and oxygen atoms in total. The van der Waals surface area contributed by atoms with Crippen molar-refractivity contribution in [2.24, 2.45) is 0 Å². The molecular weight excluding hydrogens is 484 g/mol. The van der Waals surface area contributed by atoms with Crippen molar-refractivity contribution in [1.82, 2.24) is 4.98 Å². The van der Waals surface area contributed by atoms with Gasteiger partial charge in [-0.1, -0.05) is 42.5 Å². The van der Waals surface area contributed by atoms with E-state index in [1.54, 1.807) is 34.1 Å².